The van der Waals surface area contributed by atoms with Gasteiger partial charge in [-0.3, -0.25) is 18.9 Å². The molecule has 0 unspecified atom stereocenters. The van der Waals surface area contributed by atoms with Gasteiger partial charge >= 0.3 is 0 Å². The maximum Gasteiger partial charge on any atom is 0.267 e. The van der Waals surface area contributed by atoms with Gasteiger partial charge in [0, 0.05) is 39.5 Å². The standard InChI is InChI=1S/C26H26FN5O3S2/c1-17-7-8-22-28-23(30-11-9-29(10-12-30)20-6-4-3-5-19(20)27)18(24(33)32(22)16-17)15-21-25(34)31(13-14-35-2)26(36)37-21/h3-8,15-16H,9-14H2,1-2H3/b21-15+. The van der Waals surface area contributed by atoms with Crippen LogP contribution >= 0.6 is 24.0 Å². The third-order valence-electron chi connectivity index (χ3n) is 6.43. The molecular formula is C26H26FN5O3S2. The fraction of sp³-hybridized carbons (Fsp3) is 0.308. The number of amides is 1. The van der Waals surface area contributed by atoms with Gasteiger partial charge in [0.15, 0.2) is 0 Å². The average molecular weight is 540 g/mol. The summed E-state index contributed by atoms with van der Waals surface area (Å²) in [6.07, 6.45) is 3.35. The molecular weight excluding hydrogens is 513 g/mol. The van der Waals surface area contributed by atoms with Gasteiger partial charge in [0.1, 0.15) is 21.6 Å². The summed E-state index contributed by atoms with van der Waals surface area (Å²) in [5, 5.41) is 0. The summed E-state index contributed by atoms with van der Waals surface area (Å²) in [6, 6.07) is 10.4. The number of methoxy groups -OCH3 is 1. The van der Waals surface area contributed by atoms with Gasteiger partial charge in [-0.05, 0) is 36.8 Å². The van der Waals surface area contributed by atoms with Crippen molar-refractivity contribution >= 4 is 57.4 Å². The van der Waals surface area contributed by atoms with E-state index in [1.54, 1.807) is 31.5 Å². The molecule has 0 N–H and O–H groups in total. The van der Waals surface area contributed by atoms with E-state index in [0.717, 1.165) is 5.56 Å². The number of thioether (sulfide) groups is 1. The minimum absolute atomic E-state index is 0.254. The molecule has 192 valence electrons. The number of halogens is 1. The largest absolute Gasteiger partial charge is 0.383 e. The van der Waals surface area contributed by atoms with E-state index in [0.29, 0.717) is 71.3 Å². The highest BCUT2D eigenvalue weighted by Crippen LogP contribution is 2.33. The molecule has 8 nitrogen and oxygen atoms in total. The van der Waals surface area contributed by atoms with Crippen LogP contribution in [0.15, 0.2) is 52.3 Å². The average Bonchev–Trinajstić information content (AvgIpc) is 3.16. The van der Waals surface area contributed by atoms with Crippen LogP contribution in [0.2, 0.25) is 0 Å². The molecule has 0 spiro atoms. The lowest BCUT2D eigenvalue weighted by Crippen LogP contribution is -2.47. The van der Waals surface area contributed by atoms with Crippen LogP contribution in [0.5, 0.6) is 0 Å². The van der Waals surface area contributed by atoms with Gasteiger partial charge in [-0.1, -0.05) is 42.2 Å². The van der Waals surface area contributed by atoms with E-state index >= 15 is 0 Å². The first-order valence-electron chi connectivity index (χ1n) is 11.9. The number of pyridine rings is 1. The fourth-order valence-corrected chi connectivity index (χ4v) is 5.78. The van der Waals surface area contributed by atoms with E-state index < -0.39 is 0 Å². The quantitative estimate of drug-likeness (QED) is 0.349. The van der Waals surface area contributed by atoms with E-state index in [4.69, 9.17) is 21.9 Å². The number of carbonyl (C=O) groups excluding carboxylic acids is 1. The van der Waals surface area contributed by atoms with Crippen molar-refractivity contribution in [2.45, 2.75) is 6.92 Å². The number of anilines is 2. The SMILES string of the molecule is COCCN1C(=O)/C(=C\c2c(N3CCN(c4ccccc4F)CC3)nc3ccc(C)cn3c2=O)SC1=S. The Balaban J connectivity index is 1.52. The monoisotopic (exact) mass is 539 g/mol. The molecule has 37 heavy (non-hydrogen) atoms. The van der Waals surface area contributed by atoms with Crippen molar-refractivity contribution in [2.75, 3.05) is 56.2 Å². The van der Waals surface area contributed by atoms with E-state index in [-0.39, 0.29) is 17.3 Å². The van der Waals surface area contributed by atoms with Gasteiger partial charge in [0.05, 0.1) is 29.3 Å². The first kappa shape index (κ1) is 25.4. The van der Waals surface area contributed by atoms with Crippen LogP contribution in [0.1, 0.15) is 11.1 Å². The van der Waals surface area contributed by atoms with Gasteiger partial charge in [0.25, 0.3) is 11.5 Å². The Morgan fingerprint density at radius 1 is 1.11 bits per heavy atom. The Kier molecular flexibility index (Phi) is 7.27. The van der Waals surface area contributed by atoms with Gasteiger partial charge in [0.2, 0.25) is 0 Å². The van der Waals surface area contributed by atoms with Crippen molar-refractivity contribution in [1.29, 1.82) is 0 Å². The van der Waals surface area contributed by atoms with Gasteiger partial charge < -0.3 is 14.5 Å². The lowest BCUT2D eigenvalue weighted by molar-refractivity contribution is -0.122. The number of hydrogen-bond donors (Lipinski definition) is 0. The number of para-hydroxylation sites is 1. The number of aryl methyl sites for hydroxylation is 1. The zero-order valence-corrected chi connectivity index (χ0v) is 22.1. The Labute approximate surface area is 223 Å². The second-order valence-corrected chi connectivity index (χ2v) is 10.5. The second-order valence-electron chi connectivity index (χ2n) is 8.84. The number of fused-ring (bicyclic) bond motifs is 1. The maximum atomic E-state index is 14.3. The van der Waals surface area contributed by atoms with Crippen molar-refractivity contribution in [2.24, 2.45) is 0 Å². The van der Waals surface area contributed by atoms with E-state index in [1.807, 2.05) is 34.9 Å². The second kappa shape index (κ2) is 10.6. The van der Waals surface area contributed by atoms with E-state index in [9.17, 15) is 14.0 Å². The Morgan fingerprint density at radius 3 is 2.57 bits per heavy atom. The molecule has 4 heterocycles. The first-order valence-corrected chi connectivity index (χ1v) is 13.1. The van der Waals surface area contributed by atoms with Crippen LogP contribution < -0.4 is 15.4 Å². The molecule has 2 saturated heterocycles. The van der Waals surface area contributed by atoms with Crippen LogP contribution in [0, 0.1) is 12.7 Å². The van der Waals surface area contributed by atoms with Gasteiger partial charge in [-0.2, -0.15) is 0 Å². The van der Waals surface area contributed by atoms with Crippen LogP contribution in [0.4, 0.5) is 15.9 Å². The molecule has 0 bridgehead atoms. The summed E-state index contributed by atoms with van der Waals surface area (Å²) in [7, 11) is 1.56. The topological polar surface area (TPSA) is 70.4 Å². The minimum Gasteiger partial charge on any atom is -0.383 e. The van der Waals surface area contributed by atoms with Gasteiger partial charge in [-0.25, -0.2) is 9.37 Å². The molecule has 2 aromatic heterocycles. The summed E-state index contributed by atoms with van der Waals surface area (Å²) in [5.74, 6) is -0.00936. The zero-order chi connectivity index (χ0) is 26.1. The number of hydrogen-bond acceptors (Lipinski definition) is 8. The first-order chi connectivity index (χ1) is 17.9. The van der Waals surface area contributed by atoms with Crippen LogP contribution in [0.25, 0.3) is 11.7 Å². The molecule has 5 rings (SSSR count). The van der Waals surface area contributed by atoms with Crippen molar-refractivity contribution < 1.29 is 13.9 Å². The molecule has 0 aliphatic carbocycles. The van der Waals surface area contributed by atoms with Crippen LogP contribution in [0.3, 0.4) is 0 Å². The molecule has 2 aliphatic heterocycles. The summed E-state index contributed by atoms with van der Waals surface area (Å²) in [5.41, 5.74) is 2.06. The number of aromatic nitrogens is 2. The molecule has 11 heteroatoms. The lowest BCUT2D eigenvalue weighted by atomic mass is 10.2. The molecule has 2 fully saturated rings. The van der Waals surface area contributed by atoms with Crippen LogP contribution in [-0.4, -0.2) is 71.0 Å². The van der Waals surface area contributed by atoms with Crippen molar-refractivity contribution in [3.63, 3.8) is 0 Å². The van der Waals surface area contributed by atoms with E-state index in [2.05, 4.69) is 0 Å². The zero-order valence-electron chi connectivity index (χ0n) is 20.5. The fourth-order valence-electron chi connectivity index (χ4n) is 4.49. The highest BCUT2D eigenvalue weighted by molar-refractivity contribution is 8.26. The molecule has 1 aromatic carbocycles. The summed E-state index contributed by atoms with van der Waals surface area (Å²) in [4.78, 5) is 37.5. The molecule has 2 aliphatic rings. The Morgan fingerprint density at radius 2 is 1.84 bits per heavy atom. The third kappa shape index (κ3) is 4.98. The number of nitrogens with zero attached hydrogens (tertiary/aromatic N) is 5. The number of benzene rings is 1. The van der Waals surface area contributed by atoms with E-state index in [1.165, 1.54) is 27.1 Å². The highest BCUT2D eigenvalue weighted by atomic mass is 32.2. The summed E-state index contributed by atoms with van der Waals surface area (Å²) < 4.78 is 21.4. The summed E-state index contributed by atoms with van der Waals surface area (Å²) in [6.45, 7) is 4.82. The maximum absolute atomic E-state index is 14.3. The number of rotatable bonds is 6. The minimum atomic E-state index is -0.262. The third-order valence-corrected chi connectivity index (χ3v) is 7.80. The Hall–Kier alpha value is -3.28. The normalized spacial score (nSPS) is 17.5. The molecule has 3 aromatic rings. The summed E-state index contributed by atoms with van der Waals surface area (Å²) >= 11 is 6.57. The number of ether oxygens (including phenoxy) is 1. The lowest BCUT2D eigenvalue weighted by Gasteiger charge is -2.37. The van der Waals surface area contributed by atoms with Crippen molar-refractivity contribution in [1.82, 2.24) is 14.3 Å². The van der Waals surface area contributed by atoms with Gasteiger partial charge in [-0.15, -0.1) is 0 Å². The number of thiocarbonyl (C=S) groups is 1. The van der Waals surface area contributed by atoms with Crippen LogP contribution in [-0.2, 0) is 9.53 Å². The predicted molar refractivity (Wildman–Crippen MR) is 149 cm³/mol. The molecule has 0 saturated carbocycles. The predicted octanol–water partition coefficient (Wildman–Crippen LogP) is 3.32. The Bertz CT molecular complexity index is 1470. The molecule has 1 amide bonds. The number of carbonyl (C=O) groups is 1. The molecule has 0 atom stereocenters. The number of piperazine rings is 1. The molecule has 0 radical (unpaired) electrons. The van der Waals surface area contributed by atoms with Crippen molar-refractivity contribution in [3.05, 3.63) is 74.8 Å². The smallest absolute Gasteiger partial charge is 0.267 e. The van der Waals surface area contributed by atoms with Crippen molar-refractivity contribution in [3.8, 4) is 0 Å². The highest BCUT2D eigenvalue weighted by Gasteiger charge is 2.33.